The third-order valence-electron chi connectivity index (χ3n) is 3.13. The largest absolute Gasteiger partial charge is 0.489 e. The van der Waals surface area contributed by atoms with Crippen LogP contribution in [0.15, 0.2) is 18.2 Å². The van der Waals surface area contributed by atoms with Gasteiger partial charge in [0, 0.05) is 6.54 Å². The number of rotatable bonds is 6. The van der Waals surface area contributed by atoms with Crippen molar-refractivity contribution in [2.24, 2.45) is 0 Å². The van der Waals surface area contributed by atoms with Gasteiger partial charge in [0.2, 0.25) is 0 Å². The van der Waals surface area contributed by atoms with Gasteiger partial charge >= 0.3 is 0 Å². The predicted octanol–water partition coefficient (Wildman–Crippen LogP) is 4.06. The average Bonchev–Trinajstić information content (AvgIpc) is 2.27. The molecule has 0 radical (unpaired) electrons. The third-order valence-corrected chi connectivity index (χ3v) is 3.13. The van der Waals surface area contributed by atoms with Crippen molar-refractivity contribution in [3.05, 3.63) is 29.3 Å². The van der Waals surface area contributed by atoms with E-state index in [-0.39, 0.29) is 11.5 Å². The summed E-state index contributed by atoms with van der Waals surface area (Å²) in [7, 11) is 0. The first-order chi connectivity index (χ1) is 8.84. The maximum Gasteiger partial charge on any atom is 0.123 e. The fourth-order valence-corrected chi connectivity index (χ4v) is 2.09. The van der Waals surface area contributed by atoms with E-state index in [1.807, 2.05) is 0 Å². The Morgan fingerprint density at radius 2 is 1.95 bits per heavy atom. The Labute approximate surface area is 118 Å². The van der Waals surface area contributed by atoms with Crippen molar-refractivity contribution < 1.29 is 4.74 Å². The lowest BCUT2D eigenvalue weighted by Crippen LogP contribution is -2.30. The second kappa shape index (κ2) is 6.95. The topological polar surface area (TPSA) is 21.3 Å². The molecule has 1 unspecified atom stereocenters. The lowest BCUT2D eigenvalue weighted by molar-refractivity contribution is 0.212. The van der Waals surface area contributed by atoms with Gasteiger partial charge in [0.05, 0.1) is 0 Å². The molecule has 0 spiro atoms. The normalized spacial score (nSPS) is 13.4. The molecular formula is C17H29NO. The van der Waals surface area contributed by atoms with E-state index in [4.69, 9.17) is 4.74 Å². The first kappa shape index (κ1) is 16.0. The zero-order valence-electron chi connectivity index (χ0n) is 13.3. The molecule has 0 amide bonds. The number of hydrogen-bond donors (Lipinski definition) is 1. The van der Waals surface area contributed by atoms with Gasteiger partial charge in [-0.3, -0.25) is 0 Å². The number of nitrogens with one attached hydrogen (secondary N) is 1. The molecule has 108 valence electrons. The molecule has 0 fully saturated rings. The number of benzene rings is 1. The summed E-state index contributed by atoms with van der Waals surface area (Å²) in [5.41, 5.74) is 2.64. The Morgan fingerprint density at radius 3 is 2.53 bits per heavy atom. The van der Waals surface area contributed by atoms with E-state index in [9.17, 15) is 0 Å². The van der Waals surface area contributed by atoms with Crippen LogP contribution in [-0.4, -0.2) is 19.2 Å². The Bertz CT molecular complexity index is 393. The summed E-state index contributed by atoms with van der Waals surface area (Å²) in [5.74, 6) is 1.03. The molecule has 0 aliphatic carbocycles. The van der Waals surface area contributed by atoms with Gasteiger partial charge in [-0.1, -0.05) is 39.8 Å². The fraction of sp³-hybridized carbons (Fsp3) is 0.647. The standard InChI is InChI=1S/C17H29NO/c1-7-10-18-12-14(3)19-16-11-13(2)8-9-15(16)17(4,5)6/h8-9,11,14,18H,7,10,12H2,1-6H3. The van der Waals surface area contributed by atoms with Crippen molar-refractivity contribution >= 4 is 0 Å². The summed E-state index contributed by atoms with van der Waals surface area (Å²) >= 11 is 0. The molecule has 1 atom stereocenters. The van der Waals surface area contributed by atoms with E-state index >= 15 is 0 Å². The van der Waals surface area contributed by atoms with Gasteiger partial charge in [-0.05, 0) is 49.4 Å². The molecule has 1 aromatic rings. The zero-order chi connectivity index (χ0) is 14.5. The molecule has 0 aliphatic rings. The van der Waals surface area contributed by atoms with E-state index in [1.165, 1.54) is 11.1 Å². The van der Waals surface area contributed by atoms with Crippen molar-refractivity contribution in [1.29, 1.82) is 0 Å². The van der Waals surface area contributed by atoms with E-state index in [1.54, 1.807) is 0 Å². The van der Waals surface area contributed by atoms with Gasteiger partial charge in [-0.25, -0.2) is 0 Å². The molecule has 1 aromatic carbocycles. The first-order valence-electron chi connectivity index (χ1n) is 7.33. The Balaban J connectivity index is 2.78. The Morgan fingerprint density at radius 1 is 1.26 bits per heavy atom. The lowest BCUT2D eigenvalue weighted by Gasteiger charge is -2.25. The van der Waals surface area contributed by atoms with E-state index in [2.05, 4.69) is 65.1 Å². The van der Waals surface area contributed by atoms with Crippen molar-refractivity contribution in [3.8, 4) is 5.75 Å². The van der Waals surface area contributed by atoms with E-state index in [0.717, 1.165) is 25.3 Å². The smallest absolute Gasteiger partial charge is 0.123 e. The third kappa shape index (κ3) is 5.23. The van der Waals surface area contributed by atoms with E-state index < -0.39 is 0 Å². The quantitative estimate of drug-likeness (QED) is 0.782. The van der Waals surface area contributed by atoms with Crippen LogP contribution >= 0.6 is 0 Å². The molecular weight excluding hydrogens is 234 g/mol. The molecule has 0 saturated heterocycles. The Kier molecular flexibility index (Phi) is 5.86. The number of aryl methyl sites for hydroxylation is 1. The fourth-order valence-electron chi connectivity index (χ4n) is 2.09. The average molecular weight is 263 g/mol. The van der Waals surface area contributed by atoms with Crippen LogP contribution in [0.2, 0.25) is 0 Å². The van der Waals surface area contributed by atoms with Crippen LogP contribution in [0.25, 0.3) is 0 Å². The van der Waals surface area contributed by atoms with Crippen LogP contribution in [0.1, 0.15) is 52.2 Å². The zero-order valence-corrected chi connectivity index (χ0v) is 13.3. The van der Waals surface area contributed by atoms with Crippen LogP contribution in [-0.2, 0) is 5.41 Å². The lowest BCUT2D eigenvalue weighted by atomic mass is 9.86. The van der Waals surface area contributed by atoms with Crippen molar-refractivity contribution in [3.63, 3.8) is 0 Å². The van der Waals surface area contributed by atoms with Crippen LogP contribution in [0, 0.1) is 6.92 Å². The maximum atomic E-state index is 6.14. The van der Waals surface area contributed by atoms with Gasteiger partial charge in [-0.2, -0.15) is 0 Å². The molecule has 0 saturated carbocycles. The second-order valence-corrected chi connectivity index (χ2v) is 6.38. The number of hydrogen-bond acceptors (Lipinski definition) is 2. The minimum atomic E-state index is 0.111. The van der Waals surface area contributed by atoms with Gasteiger partial charge < -0.3 is 10.1 Å². The van der Waals surface area contributed by atoms with Gasteiger partial charge in [0.15, 0.2) is 0 Å². The van der Waals surface area contributed by atoms with Crippen LogP contribution in [0.3, 0.4) is 0 Å². The molecule has 0 heterocycles. The van der Waals surface area contributed by atoms with Crippen molar-refractivity contribution in [1.82, 2.24) is 5.32 Å². The van der Waals surface area contributed by atoms with Gasteiger partial charge in [0.1, 0.15) is 11.9 Å². The molecule has 0 aliphatic heterocycles. The highest BCUT2D eigenvalue weighted by Crippen LogP contribution is 2.32. The van der Waals surface area contributed by atoms with Crippen molar-refractivity contribution in [2.45, 2.75) is 59.5 Å². The summed E-state index contributed by atoms with van der Waals surface area (Å²) in [6.07, 6.45) is 1.35. The summed E-state index contributed by atoms with van der Waals surface area (Å²) < 4.78 is 6.14. The first-order valence-corrected chi connectivity index (χ1v) is 7.33. The van der Waals surface area contributed by atoms with Crippen LogP contribution < -0.4 is 10.1 Å². The van der Waals surface area contributed by atoms with E-state index in [0.29, 0.717) is 0 Å². The maximum absolute atomic E-state index is 6.14. The molecule has 0 bridgehead atoms. The van der Waals surface area contributed by atoms with Crippen LogP contribution in [0.5, 0.6) is 5.75 Å². The molecule has 19 heavy (non-hydrogen) atoms. The summed E-state index contributed by atoms with van der Waals surface area (Å²) in [6.45, 7) is 15.0. The second-order valence-electron chi connectivity index (χ2n) is 6.38. The minimum Gasteiger partial charge on any atom is -0.489 e. The summed E-state index contributed by atoms with van der Waals surface area (Å²) in [6, 6.07) is 6.50. The highest BCUT2D eigenvalue weighted by molar-refractivity contribution is 5.41. The molecule has 2 nitrogen and oxygen atoms in total. The number of ether oxygens (including phenoxy) is 1. The monoisotopic (exact) mass is 263 g/mol. The van der Waals surface area contributed by atoms with Crippen LogP contribution in [0.4, 0.5) is 0 Å². The Hall–Kier alpha value is -1.02. The summed E-state index contributed by atoms with van der Waals surface area (Å²) in [4.78, 5) is 0. The molecule has 1 N–H and O–H groups in total. The highest BCUT2D eigenvalue weighted by Gasteiger charge is 2.20. The van der Waals surface area contributed by atoms with Gasteiger partial charge in [-0.15, -0.1) is 0 Å². The molecule has 0 aromatic heterocycles. The van der Waals surface area contributed by atoms with Crippen molar-refractivity contribution in [2.75, 3.05) is 13.1 Å². The molecule has 2 heteroatoms. The predicted molar refractivity (Wildman–Crippen MR) is 83.1 cm³/mol. The molecule has 1 rings (SSSR count). The highest BCUT2D eigenvalue weighted by atomic mass is 16.5. The SMILES string of the molecule is CCCNCC(C)Oc1cc(C)ccc1C(C)(C)C. The van der Waals surface area contributed by atoms with Gasteiger partial charge in [0.25, 0.3) is 0 Å². The minimum absolute atomic E-state index is 0.111. The summed E-state index contributed by atoms with van der Waals surface area (Å²) in [5, 5.41) is 3.40.